The summed E-state index contributed by atoms with van der Waals surface area (Å²) in [5, 5.41) is 42.5. The first-order valence-corrected chi connectivity index (χ1v) is 41.3. The summed E-state index contributed by atoms with van der Waals surface area (Å²) in [6, 6.07) is 25.6. The minimum absolute atomic E-state index is 0. The Balaban J connectivity index is 0.000000166. The number of hydrogen-bond acceptors (Lipinski definition) is 24. The van der Waals surface area contributed by atoms with Crippen molar-refractivity contribution in [2.75, 3.05) is 10.6 Å². The van der Waals surface area contributed by atoms with E-state index in [9.17, 15) is 58.1 Å². The van der Waals surface area contributed by atoms with E-state index in [4.69, 9.17) is 56.1 Å². The van der Waals surface area contributed by atoms with Crippen LogP contribution < -0.4 is 119 Å². The topological polar surface area (TPSA) is 474 Å². The molecule has 12 aromatic rings. The second-order valence-corrected chi connectivity index (χ2v) is 33.4. The summed E-state index contributed by atoms with van der Waals surface area (Å²) < 4.78 is 74.5. The van der Waals surface area contributed by atoms with Gasteiger partial charge in [0.05, 0.1) is 23.4 Å². The van der Waals surface area contributed by atoms with Crippen LogP contribution in [0.3, 0.4) is 0 Å². The number of fused-ring (bicyclic) bond motifs is 14. The molecule has 2 spiro atoms. The molecule has 8 aliphatic heterocycles. The van der Waals surface area contributed by atoms with Crippen LogP contribution in [0.2, 0.25) is 0 Å². The molecule has 12 N–H and O–H groups in total. The number of aromatic nitrogens is 6. The smallest absolute Gasteiger partial charge is 0.780 e. The van der Waals surface area contributed by atoms with Crippen molar-refractivity contribution in [2.45, 2.75) is 153 Å². The van der Waals surface area contributed by atoms with E-state index in [0.29, 0.717) is 95.5 Å². The fourth-order valence-electron chi connectivity index (χ4n) is 17.9. The third kappa shape index (κ3) is 12.4. The van der Waals surface area contributed by atoms with Crippen LogP contribution in [0.1, 0.15) is 150 Å². The van der Waals surface area contributed by atoms with E-state index in [1.807, 2.05) is 100 Å². The molecule has 20 rings (SSSR count). The first-order valence-electron chi connectivity index (χ1n) is 38.3. The van der Waals surface area contributed by atoms with Crippen molar-refractivity contribution in [3.05, 3.63) is 179 Å². The van der Waals surface area contributed by atoms with E-state index in [-0.39, 0.29) is 161 Å². The molecule has 6 aromatic carbocycles. The van der Waals surface area contributed by atoms with Crippen LogP contribution in [-0.4, -0.2) is 109 Å². The van der Waals surface area contributed by atoms with Crippen molar-refractivity contribution in [1.82, 2.24) is 51.2 Å². The van der Waals surface area contributed by atoms with Gasteiger partial charge in [0.1, 0.15) is 71.3 Å². The van der Waals surface area contributed by atoms with Crippen LogP contribution in [0.25, 0.3) is 89.9 Å². The largest absolute Gasteiger partial charge is 1.00 e. The molecule has 596 valence electrons. The maximum absolute atomic E-state index is 14.3. The number of benzene rings is 6. The van der Waals surface area contributed by atoms with E-state index < -0.39 is 97.9 Å². The van der Waals surface area contributed by atoms with E-state index in [2.05, 4.69) is 41.9 Å². The number of amides is 4. The standard InChI is InChI=1S/2C41H39N6O10P.2Na/c2*1-5-40(50,6-2)38(49)44-25-15-19-10-12-26-24(14-19)41-23-9-7-8-21(31(23)47-39(41)55-26)20-11-13-27(57-58(51,52)53)32-29(20)22(16-42-32)28-17-43-36(54-28)33-34(41)56-37(46-33)30(18(3)4)45-35(25)48;;/h2*7-14,16-18,25,30,39,42,47,50H,5-6,15H2,1-4H3,(H,44,49)(H,45,48)(H2,51,52,53);;/q;;2*+1/p-2/t2*25-,30-,39?,41?;;/m00../s1. The molecule has 0 fully saturated rings. The van der Waals surface area contributed by atoms with Crippen LogP contribution in [0, 0.1) is 11.8 Å². The summed E-state index contributed by atoms with van der Waals surface area (Å²) >= 11 is 0. The van der Waals surface area contributed by atoms with E-state index in [1.54, 1.807) is 58.4 Å². The normalized spacial score (nSPS) is 21.0. The van der Waals surface area contributed by atoms with Gasteiger partial charge in [0.2, 0.25) is 35.4 Å². The van der Waals surface area contributed by atoms with Crippen molar-refractivity contribution in [2.24, 2.45) is 11.8 Å². The summed E-state index contributed by atoms with van der Waals surface area (Å²) in [6.45, 7) is 14.5. The number of oxazole rings is 4. The number of phosphoric ester groups is 2. The van der Waals surface area contributed by atoms with Crippen LogP contribution >= 0.6 is 15.6 Å². The van der Waals surface area contributed by atoms with Gasteiger partial charge in [0.25, 0.3) is 11.8 Å². The number of nitrogens with zero attached hydrogens (tertiary/aromatic N) is 4. The van der Waals surface area contributed by atoms with Crippen LogP contribution in [0.15, 0.2) is 140 Å². The molecule has 0 saturated carbocycles. The molecule has 14 heterocycles. The Morgan fingerprint density at radius 1 is 0.559 bits per heavy atom. The molecule has 0 radical (unpaired) electrons. The van der Waals surface area contributed by atoms with Gasteiger partial charge >= 0.3 is 66.9 Å². The number of hydrogen-bond donors (Lipinski definition) is 12. The average Bonchev–Trinajstić information content (AvgIpc) is 1.52. The zero-order valence-corrected chi connectivity index (χ0v) is 71.2. The van der Waals surface area contributed by atoms with Gasteiger partial charge in [-0.2, -0.15) is 0 Å². The molecule has 36 heteroatoms. The fourth-order valence-corrected chi connectivity index (χ4v) is 18.7. The van der Waals surface area contributed by atoms with E-state index in [1.165, 1.54) is 18.3 Å². The van der Waals surface area contributed by atoms with Crippen LogP contribution in [0.5, 0.6) is 23.0 Å². The Morgan fingerprint density at radius 3 is 1.36 bits per heavy atom. The SMILES string of the molecule is CCC(O)(CC)C(=O)N[C@H]1Cc2ccc3c(c2)C24c5cccc(c5NC2O3)-c2ccc(OP(=O)(O)O)c3[nH]cc(c23)-c2cnc(o2)-c2nc(oc24)[C@H](C(C)C)NC1=O.CCC(O)(CC)C(=O)N[C@H]1Cc2ccc3c(c2)C24c5cccc(c5NC2O3)-c2ccc(OP(=O)([O-])[O-])c3[nH]cc(c23)-c2cnc(o2)-c2nc(oc24)[C@H](C(C)C)NC1=O.[Na+].[Na+]. The van der Waals surface area contributed by atoms with Gasteiger partial charge in [-0.25, -0.2) is 24.5 Å². The molecule has 4 amide bonds. The monoisotopic (exact) mass is 1660 g/mol. The number of rotatable bonds is 14. The second-order valence-electron chi connectivity index (χ2n) is 31.2. The summed E-state index contributed by atoms with van der Waals surface area (Å²) in [5.74, 6) is 0.0681. The third-order valence-corrected chi connectivity index (χ3v) is 24.9. The predicted octanol–water partition coefficient (Wildman–Crippen LogP) is 4.37. The number of anilines is 2. The van der Waals surface area contributed by atoms with Crippen LogP contribution in [0.4, 0.5) is 11.4 Å². The Labute approximate surface area is 716 Å². The first-order chi connectivity index (χ1) is 55.5. The zero-order chi connectivity index (χ0) is 80.9. The molecule has 8 aliphatic rings. The van der Waals surface area contributed by atoms with E-state index >= 15 is 0 Å². The number of phosphoric acid groups is 2. The molecule has 32 nitrogen and oxygen atoms in total. The molecule has 0 aliphatic carbocycles. The number of aromatic amines is 2. The third-order valence-electron chi connectivity index (χ3n) is 24.1. The van der Waals surface area contributed by atoms with Gasteiger partial charge in [0, 0.05) is 91.9 Å². The van der Waals surface area contributed by atoms with Crippen molar-refractivity contribution in [1.29, 1.82) is 0 Å². The number of carbonyl (C=O) groups is 4. The maximum atomic E-state index is 14.3. The zero-order valence-electron chi connectivity index (χ0n) is 65.4. The summed E-state index contributed by atoms with van der Waals surface area (Å²) in [7, 11) is -10.4. The Morgan fingerprint density at radius 2 is 0.975 bits per heavy atom. The molecule has 0 saturated heterocycles. The number of para-hydroxylation sites is 2. The fraction of sp³-hybridized carbons (Fsp3) is 0.317. The van der Waals surface area contributed by atoms with Gasteiger partial charge in [-0.1, -0.05) is 116 Å². The molecule has 20 bridgehead atoms. The molecular formula is C82H76N12Na2O20P2. The van der Waals surface area contributed by atoms with Gasteiger partial charge in [-0.05, 0) is 96.2 Å². The molecular weight excluding hydrogens is 1580 g/mol. The number of carbonyl (C=O) groups excluding carboxylic acids is 4. The van der Waals surface area contributed by atoms with Crippen molar-refractivity contribution in [3.63, 3.8) is 0 Å². The number of nitrogens with one attached hydrogen (secondary N) is 8. The summed E-state index contributed by atoms with van der Waals surface area (Å²) in [6.07, 6.45) is 5.62. The Hall–Kier alpha value is -9.86. The van der Waals surface area contributed by atoms with Crippen LogP contribution in [-0.2, 0) is 52.0 Å². The Kier molecular flexibility index (Phi) is 19.8. The predicted molar refractivity (Wildman–Crippen MR) is 413 cm³/mol. The van der Waals surface area contributed by atoms with Crippen molar-refractivity contribution < 1.29 is 153 Å². The van der Waals surface area contributed by atoms with Gasteiger partial charge in [-0.3, -0.25) is 29.0 Å². The summed E-state index contributed by atoms with van der Waals surface area (Å²) in [4.78, 5) is 125. The Bertz CT molecular complexity index is 5910. The maximum Gasteiger partial charge on any atom is 1.00 e. The van der Waals surface area contributed by atoms with Crippen molar-refractivity contribution >= 4 is 72.5 Å². The second kappa shape index (κ2) is 29.0. The summed E-state index contributed by atoms with van der Waals surface area (Å²) in [5.41, 5.74) is 5.05. The first kappa shape index (κ1) is 80.6. The number of ether oxygens (including phenoxy) is 2. The minimum atomic E-state index is -5.44. The van der Waals surface area contributed by atoms with Gasteiger partial charge < -0.3 is 103 Å². The molecule has 118 heavy (non-hydrogen) atoms. The number of H-pyrrole nitrogens is 2. The average molecular weight is 1660 g/mol. The minimum Gasteiger partial charge on any atom is -0.780 e. The number of aliphatic hydroxyl groups is 2. The van der Waals surface area contributed by atoms with Gasteiger partial charge in [-0.15, -0.1) is 0 Å². The van der Waals surface area contributed by atoms with Gasteiger partial charge in [0.15, 0.2) is 52.6 Å². The molecule has 4 unspecified atom stereocenters. The van der Waals surface area contributed by atoms with E-state index in [0.717, 1.165) is 33.5 Å². The molecule has 8 atom stereocenters. The van der Waals surface area contributed by atoms with Crippen molar-refractivity contribution in [3.8, 4) is 91.1 Å². The molecule has 6 aromatic heterocycles. The quantitative estimate of drug-likeness (QED) is 0.0531.